The van der Waals surface area contributed by atoms with E-state index in [2.05, 4.69) is 5.01 Å². The quantitative estimate of drug-likeness (QED) is 0.630. The molecule has 2 aliphatic heterocycles. The number of piperidine rings is 1. The molecule has 17 heavy (non-hydrogen) atoms. The maximum Gasteiger partial charge on any atom is 0.140 e. The monoisotopic (exact) mass is 231 g/mol. The molecule has 92 valence electrons. The van der Waals surface area contributed by atoms with Crippen LogP contribution in [0.15, 0.2) is 10.1 Å². The van der Waals surface area contributed by atoms with Gasteiger partial charge in [0.1, 0.15) is 6.17 Å². The van der Waals surface area contributed by atoms with Crippen molar-refractivity contribution in [2.24, 2.45) is 21.9 Å². The smallest absolute Gasteiger partial charge is 0.140 e. The van der Waals surface area contributed by atoms with Gasteiger partial charge in [0.2, 0.25) is 0 Å². The van der Waals surface area contributed by atoms with Crippen LogP contribution in [0.3, 0.4) is 0 Å². The van der Waals surface area contributed by atoms with Crippen molar-refractivity contribution in [3.63, 3.8) is 0 Å². The first kappa shape index (κ1) is 10.1. The Hall–Kier alpha value is -0.860. The van der Waals surface area contributed by atoms with Crippen molar-refractivity contribution in [1.82, 2.24) is 5.01 Å². The van der Waals surface area contributed by atoms with Crippen LogP contribution in [0.25, 0.3) is 0 Å². The van der Waals surface area contributed by atoms with Crippen molar-refractivity contribution in [2.75, 3.05) is 6.54 Å². The third kappa shape index (κ3) is 1.54. The summed E-state index contributed by atoms with van der Waals surface area (Å²) in [6.07, 6.45) is 11.0. The summed E-state index contributed by atoms with van der Waals surface area (Å²) in [4.78, 5) is 5.06. The molecule has 2 heterocycles. The van der Waals surface area contributed by atoms with E-state index in [9.17, 15) is 0 Å². The summed E-state index contributed by atoms with van der Waals surface area (Å²) in [5.74, 6) is 1.74. The SMILES string of the molecule is C1CC2=NC3C4CCCCC4CCN3N=C2C1. The Kier molecular flexibility index (Phi) is 2.27. The normalized spacial score (nSPS) is 40.0. The Morgan fingerprint density at radius 1 is 0.941 bits per heavy atom. The number of rotatable bonds is 0. The van der Waals surface area contributed by atoms with E-state index in [4.69, 9.17) is 10.1 Å². The molecule has 3 atom stereocenters. The summed E-state index contributed by atoms with van der Waals surface area (Å²) in [6.45, 7) is 1.14. The van der Waals surface area contributed by atoms with Crippen molar-refractivity contribution in [2.45, 2.75) is 57.5 Å². The Labute approximate surface area is 103 Å². The molecule has 0 aromatic rings. The van der Waals surface area contributed by atoms with Gasteiger partial charge in [-0.1, -0.05) is 12.8 Å². The van der Waals surface area contributed by atoms with Crippen molar-refractivity contribution in [1.29, 1.82) is 0 Å². The van der Waals surface area contributed by atoms with Gasteiger partial charge in [-0.15, -0.1) is 0 Å². The highest BCUT2D eigenvalue weighted by Crippen LogP contribution is 2.42. The number of hydrogen-bond donors (Lipinski definition) is 0. The van der Waals surface area contributed by atoms with Crippen LogP contribution >= 0.6 is 0 Å². The lowest BCUT2D eigenvalue weighted by atomic mass is 9.73. The van der Waals surface area contributed by atoms with Gasteiger partial charge < -0.3 is 0 Å². The second-order valence-corrected chi connectivity index (χ2v) is 6.05. The molecule has 4 rings (SSSR count). The average Bonchev–Trinajstić information content (AvgIpc) is 2.83. The fourth-order valence-electron chi connectivity index (χ4n) is 4.18. The third-order valence-electron chi connectivity index (χ3n) is 5.08. The van der Waals surface area contributed by atoms with E-state index in [0.29, 0.717) is 6.17 Å². The van der Waals surface area contributed by atoms with Gasteiger partial charge in [-0.25, -0.2) is 0 Å². The van der Waals surface area contributed by atoms with E-state index in [1.54, 1.807) is 0 Å². The van der Waals surface area contributed by atoms with Gasteiger partial charge in [0.15, 0.2) is 0 Å². The lowest BCUT2D eigenvalue weighted by Crippen LogP contribution is -2.49. The van der Waals surface area contributed by atoms with Crippen LogP contribution < -0.4 is 0 Å². The predicted octanol–water partition coefficient (Wildman–Crippen LogP) is 2.82. The molecular formula is C14H21N3. The Morgan fingerprint density at radius 3 is 2.82 bits per heavy atom. The lowest BCUT2D eigenvalue weighted by molar-refractivity contribution is 0.0286. The van der Waals surface area contributed by atoms with Crippen molar-refractivity contribution < 1.29 is 0 Å². The molecule has 1 saturated heterocycles. The fraction of sp³-hybridized carbons (Fsp3) is 0.857. The molecule has 3 nitrogen and oxygen atoms in total. The zero-order valence-electron chi connectivity index (χ0n) is 10.4. The number of aliphatic imine (C=N–C) groups is 1. The van der Waals surface area contributed by atoms with E-state index in [1.165, 1.54) is 56.4 Å². The fourth-order valence-corrected chi connectivity index (χ4v) is 4.18. The lowest BCUT2D eigenvalue weighted by Gasteiger charge is -2.46. The zero-order valence-corrected chi connectivity index (χ0v) is 10.4. The predicted molar refractivity (Wildman–Crippen MR) is 69.3 cm³/mol. The molecule has 3 fully saturated rings. The van der Waals surface area contributed by atoms with E-state index in [-0.39, 0.29) is 0 Å². The summed E-state index contributed by atoms with van der Waals surface area (Å²) in [5.41, 5.74) is 2.65. The van der Waals surface area contributed by atoms with Crippen LogP contribution in [-0.2, 0) is 0 Å². The second-order valence-electron chi connectivity index (χ2n) is 6.05. The average molecular weight is 231 g/mol. The molecular weight excluding hydrogens is 210 g/mol. The first-order valence-electron chi connectivity index (χ1n) is 7.33. The van der Waals surface area contributed by atoms with Crippen molar-refractivity contribution >= 4 is 11.4 Å². The van der Waals surface area contributed by atoms with Gasteiger partial charge in [0.05, 0.1) is 11.4 Å². The number of hydrazone groups is 1. The summed E-state index contributed by atoms with van der Waals surface area (Å²) < 4.78 is 0. The topological polar surface area (TPSA) is 28.0 Å². The van der Waals surface area contributed by atoms with Crippen LogP contribution in [0, 0.1) is 11.8 Å². The largest absolute Gasteiger partial charge is 0.272 e. The summed E-state index contributed by atoms with van der Waals surface area (Å²) in [5, 5.41) is 7.19. The molecule has 0 radical (unpaired) electrons. The number of fused-ring (bicyclic) bond motifs is 4. The first-order chi connectivity index (χ1) is 8.42. The molecule has 3 unspecified atom stereocenters. The molecule has 0 spiro atoms. The zero-order chi connectivity index (χ0) is 11.2. The van der Waals surface area contributed by atoms with Gasteiger partial charge in [-0.05, 0) is 44.4 Å². The van der Waals surface area contributed by atoms with E-state index >= 15 is 0 Å². The van der Waals surface area contributed by atoms with E-state index < -0.39 is 0 Å². The molecule has 0 bridgehead atoms. The minimum atomic E-state index is 0.408. The highest BCUT2D eigenvalue weighted by molar-refractivity contribution is 6.44. The summed E-state index contributed by atoms with van der Waals surface area (Å²) in [7, 11) is 0. The number of nitrogens with zero attached hydrogens (tertiary/aromatic N) is 3. The van der Waals surface area contributed by atoms with Crippen molar-refractivity contribution in [3.05, 3.63) is 0 Å². The van der Waals surface area contributed by atoms with Crippen LogP contribution in [0.1, 0.15) is 51.4 Å². The first-order valence-corrected chi connectivity index (χ1v) is 7.33. The van der Waals surface area contributed by atoms with Crippen LogP contribution in [0.2, 0.25) is 0 Å². The molecule has 4 aliphatic rings. The molecule has 3 heteroatoms. The second kappa shape index (κ2) is 3.82. The maximum absolute atomic E-state index is 5.06. The Balaban J connectivity index is 1.65. The third-order valence-corrected chi connectivity index (χ3v) is 5.08. The standard InChI is InChI=1S/C14H21N3/c1-2-5-11-10(4-1)8-9-17-14(11)15-12-6-3-7-13(12)16-17/h10-11,14H,1-9H2. The van der Waals surface area contributed by atoms with Crippen LogP contribution in [0.5, 0.6) is 0 Å². The van der Waals surface area contributed by atoms with Crippen molar-refractivity contribution in [3.8, 4) is 0 Å². The molecule has 2 aliphatic carbocycles. The molecule has 0 N–H and O–H groups in total. The number of hydrogen-bond acceptors (Lipinski definition) is 3. The van der Waals surface area contributed by atoms with Gasteiger partial charge in [-0.3, -0.25) is 10.0 Å². The maximum atomic E-state index is 5.06. The minimum absolute atomic E-state index is 0.408. The molecule has 0 aromatic heterocycles. The van der Waals surface area contributed by atoms with Crippen LogP contribution in [0.4, 0.5) is 0 Å². The minimum Gasteiger partial charge on any atom is -0.272 e. The van der Waals surface area contributed by atoms with Crippen LogP contribution in [-0.4, -0.2) is 29.1 Å². The Bertz CT molecular complexity index is 385. The highest BCUT2D eigenvalue weighted by Gasteiger charge is 2.41. The summed E-state index contributed by atoms with van der Waals surface area (Å²) in [6, 6.07) is 0. The van der Waals surface area contributed by atoms with Gasteiger partial charge in [-0.2, -0.15) is 5.10 Å². The molecule has 2 saturated carbocycles. The highest BCUT2D eigenvalue weighted by atomic mass is 15.5. The molecule has 0 amide bonds. The van der Waals surface area contributed by atoms with Gasteiger partial charge in [0, 0.05) is 12.5 Å². The van der Waals surface area contributed by atoms with Gasteiger partial charge >= 0.3 is 0 Å². The molecule has 0 aromatic carbocycles. The van der Waals surface area contributed by atoms with E-state index in [0.717, 1.165) is 24.8 Å². The van der Waals surface area contributed by atoms with E-state index in [1.807, 2.05) is 0 Å². The Morgan fingerprint density at radius 2 is 1.82 bits per heavy atom. The van der Waals surface area contributed by atoms with Gasteiger partial charge in [0.25, 0.3) is 0 Å². The summed E-state index contributed by atoms with van der Waals surface area (Å²) >= 11 is 0.